The minimum absolute atomic E-state index is 0.172. The average Bonchev–Trinajstić information content (AvgIpc) is 3.06. The smallest absolute Gasteiger partial charge is 0.256 e. The van der Waals surface area contributed by atoms with E-state index in [4.69, 9.17) is 5.73 Å². The summed E-state index contributed by atoms with van der Waals surface area (Å²) in [5.74, 6) is 0.0486. The lowest BCUT2D eigenvalue weighted by molar-refractivity contribution is 0.0965. The van der Waals surface area contributed by atoms with Crippen LogP contribution in [0.4, 0.5) is 10.7 Å². The predicted octanol–water partition coefficient (Wildman–Crippen LogP) is 0.930. The monoisotopic (exact) mass is 309 g/mol. The van der Waals surface area contributed by atoms with E-state index in [1.54, 1.807) is 0 Å². The van der Waals surface area contributed by atoms with Crippen LogP contribution in [0.5, 0.6) is 0 Å². The first kappa shape index (κ1) is 15.0. The number of amides is 1. The number of Topliss-reactive ketones (excluding diaryl/α,β-unsaturated/α-hetero) is 1. The van der Waals surface area contributed by atoms with Crippen LogP contribution in [0.1, 0.15) is 32.8 Å². The molecular formula is C12H15N5O3S. The molecule has 2 rings (SSSR count). The molecular weight excluding hydrogens is 294 g/mol. The van der Waals surface area contributed by atoms with Gasteiger partial charge in [-0.2, -0.15) is 4.98 Å². The van der Waals surface area contributed by atoms with Gasteiger partial charge in [-0.3, -0.25) is 9.59 Å². The van der Waals surface area contributed by atoms with E-state index in [0.717, 1.165) is 11.3 Å². The molecule has 112 valence electrons. The van der Waals surface area contributed by atoms with Gasteiger partial charge in [0.15, 0.2) is 11.6 Å². The number of carbonyl (C=O) groups is 2. The highest BCUT2D eigenvalue weighted by Crippen LogP contribution is 2.35. The van der Waals surface area contributed by atoms with Gasteiger partial charge in [0.05, 0.1) is 16.1 Å². The molecule has 0 aliphatic heterocycles. The number of ketones is 1. The van der Waals surface area contributed by atoms with Gasteiger partial charge in [0.25, 0.3) is 5.91 Å². The highest BCUT2D eigenvalue weighted by atomic mass is 32.1. The van der Waals surface area contributed by atoms with Crippen LogP contribution in [0, 0.1) is 0 Å². The van der Waals surface area contributed by atoms with Crippen LogP contribution >= 0.6 is 11.3 Å². The molecule has 0 atom stereocenters. The number of nitrogen functional groups attached to an aromatic ring is 1. The molecule has 0 aliphatic carbocycles. The molecule has 0 bridgehead atoms. The number of thiophene rings is 1. The van der Waals surface area contributed by atoms with E-state index in [0.29, 0.717) is 34.2 Å². The highest BCUT2D eigenvalue weighted by Gasteiger charge is 2.23. The molecule has 2 heterocycles. The van der Waals surface area contributed by atoms with Crippen molar-refractivity contribution in [2.75, 3.05) is 24.6 Å². The number of anilines is 2. The Kier molecular flexibility index (Phi) is 4.53. The zero-order valence-electron chi connectivity index (χ0n) is 11.6. The minimum atomic E-state index is -0.335. The molecule has 0 spiro atoms. The van der Waals surface area contributed by atoms with Gasteiger partial charge in [-0.15, -0.1) is 11.3 Å². The Morgan fingerprint density at radius 3 is 2.81 bits per heavy atom. The first-order valence-corrected chi connectivity index (χ1v) is 7.00. The summed E-state index contributed by atoms with van der Waals surface area (Å²) in [5, 5.41) is 9.85. The molecule has 9 heteroatoms. The van der Waals surface area contributed by atoms with Crippen molar-refractivity contribution < 1.29 is 14.1 Å². The molecule has 0 saturated heterocycles. The van der Waals surface area contributed by atoms with Crippen LogP contribution in [-0.2, 0) is 6.42 Å². The maximum atomic E-state index is 11.9. The van der Waals surface area contributed by atoms with Crippen LogP contribution < -0.4 is 16.4 Å². The lowest BCUT2D eigenvalue weighted by Gasteiger charge is -2.05. The summed E-state index contributed by atoms with van der Waals surface area (Å²) >= 11 is 1.16. The van der Waals surface area contributed by atoms with E-state index < -0.39 is 0 Å². The second-order valence-corrected chi connectivity index (χ2v) is 5.23. The first-order chi connectivity index (χ1) is 10.0. The van der Waals surface area contributed by atoms with E-state index in [-0.39, 0.29) is 17.4 Å². The van der Waals surface area contributed by atoms with Crippen LogP contribution in [-0.4, -0.2) is 35.4 Å². The first-order valence-electron chi connectivity index (χ1n) is 6.19. The Labute approximate surface area is 124 Å². The quantitative estimate of drug-likeness (QED) is 0.678. The van der Waals surface area contributed by atoms with Crippen molar-refractivity contribution in [3.63, 3.8) is 0 Å². The lowest BCUT2D eigenvalue weighted by atomic mass is 10.2. The van der Waals surface area contributed by atoms with E-state index in [2.05, 4.69) is 25.3 Å². The Balaban J connectivity index is 2.18. The molecule has 0 aliphatic rings. The molecule has 1 amide bonds. The Hall–Kier alpha value is -2.42. The Bertz CT molecular complexity index is 650. The van der Waals surface area contributed by atoms with Crippen LogP contribution in [0.25, 0.3) is 0 Å². The molecule has 21 heavy (non-hydrogen) atoms. The zero-order chi connectivity index (χ0) is 15.4. The molecule has 0 radical (unpaired) electrons. The number of nitrogens with zero attached hydrogens (tertiary/aromatic N) is 2. The van der Waals surface area contributed by atoms with Crippen molar-refractivity contribution in [1.82, 2.24) is 15.5 Å². The van der Waals surface area contributed by atoms with Gasteiger partial charge in [-0.25, -0.2) is 0 Å². The van der Waals surface area contributed by atoms with Crippen molar-refractivity contribution in [2.45, 2.75) is 13.3 Å². The number of aromatic nitrogens is 2. The highest BCUT2D eigenvalue weighted by molar-refractivity contribution is 7.19. The summed E-state index contributed by atoms with van der Waals surface area (Å²) < 4.78 is 4.64. The summed E-state index contributed by atoms with van der Waals surface area (Å²) in [7, 11) is 1.51. The molecule has 2 aromatic heterocycles. The Morgan fingerprint density at radius 1 is 1.48 bits per heavy atom. The number of nitrogens with two attached hydrogens (primary N) is 1. The summed E-state index contributed by atoms with van der Waals surface area (Å²) in [6, 6.07) is 0. The van der Waals surface area contributed by atoms with Crippen molar-refractivity contribution in [1.29, 1.82) is 0 Å². The molecule has 0 unspecified atom stereocenters. The maximum Gasteiger partial charge on any atom is 0.256 e. The van der Waals surface area contributed by atoms with E-state index in [9.17, 15) is 9.59 Å². The molecule has 0 aromatic carbocycles. The van der Waals surface area contributed by atoms with Crippen molar-refractivity contribution in [2.24, 2.45) is 0 Å². The average molecular weight is 309 g/mol. The normalized spacial score (nSPS) is 10.4. The fourth-order valence-electron chi connectivity index (χ4n) is 1.77. The number of carbonyl (C=O) groups excluding carboxylic acids is 2. The second-order valence-electron chi connectivity index (χ2n) is 4.21. The zero-order valence-corrected chi connectivity index (χ0v) is 12.4. The predicted molar refractivity (Wildman–Crippen MR) is 78.6 cm³/mol. The molecule has 0 saturated carbocycles. The maximum absolute atomic E-state index is 11.9. The van der Waals surface area contributed by atoms with Gasteiger partial charge < -0.3 is 20.9 Å². The molecule has 4 N–H and O–H groups in total. The fraction of sp³-hybridized carbons (Fsp3) is 0.333. The van der Waals surface area contributed by atoms with E-state index in [1.807, 2.05) is 0 Å². The summed E-state index contributed by atoms with van der Waals surface area (Å²) in [5.41, 5.74) is 6.39. The number of hydrogen-bond acceptors (Lipinski definition) is 8. The van der Waals surface area contributed by atoms with Gasteiger partial charge in [-0.05, 0) is 0 Å². The van der Waals surface area contributed by atoms with Gasteiger partial charge in [-0.1, -0.05) is 5.16 Å². The third-order valence-electron chi connectivity index (χ3n) is 2.76. The summed E-state index contributed by atoms with van der Waals surface area (Å²) in [4.78, 5) is 27.7. The van der Waals surface area contributed by atoms with Crippen molar-refractivity contribution in [3.05, 3.63) is 22.7 Å². The van der Waals surface area contributed by atoms with E-state index in [1.165, 1.54) is 20.4 Å². The second kappa shape index (κ2) is 6.35. The summed E-state index contributed by atoms with van der Waals surface area (Å²) in [6.07, 6.45) is 1.78. The SMILES string of the molecule is CNC(=O)c1c(NCCc2ncon2)sc(C(C)=O)c1N. The largest absolute Gasteiger partial charge is 0.397 e. The number of rotatable bonds is 6. The van der Waals surface area contributed by atoms with Crippen LogP contribution in [0.15, 0.2) is 10.9 Å². The van der Waals surface area contributed by atoms with E-state index >= 15 is 0 Å². The number of hydrogen-bond donors (Lipinski definition) is 3. The van der Waals surface area contributed by atoms with Gasteiger partial charge in [0.2, 0.25) is 6.39 Å². The third kappa shape index (κ3) is 3.19. The standard InChI is InChI=1S/C12H15N5O3S/c1-6(18)10-9(13)8(11(19)14-2)12(21-10)15-4-3-7-16-5-20-17-7/h5,15H,3-4,13H2,1-2H3,(H,14,19). The fourth-order valence-corrected chi connectivity index (χ4v) is 2.81. The number of nitrogens with one attached hydrogen (secondary N) is 2. The Morgan fingerprint density at radius 2 is 2.24 bits per heavy atom. The van der Waals surface area contributed by atoms with Crippen LogP contribution in [0.3, 0.4) is 0 Å². The van der Waals surface area contributed by atoms with Gasteiger partial charge >= 0.3 is 0 Å². The molecule has 8 nitrogen and oxygen atoms in total. The molecule has 2 aromatic rings. The van der Waals surface area contributed by atoms with Gasteiger partial charge in [0.1, 0.15) is 5.00 Å². The minimum Gasteiger partial charge on any atom is -0.397 e. The van der Waals surface area contributed by atoms with Crippen LogP contribution in [0.2, 0.25) is 0 Å². The van der Waals surface area contributed by atoms with Gasteiger partial charge in [0, 0.05) is 26.9 Å². The topological polar surface area (TPSA) is 123 Å². The lowest BCUT2D eigenvalue weighted by Crippen LogP contribution is -2.20. The van der Waals surface area contributed by atoms with Crippen molar-refractivity contribution >= 4 is 33.7 Å². The van der Waals surface area contributed by atoms with Crippen molar-refractivity contribution in [3.8, 4) is 0 Å². The summed E-state index contributed by atoms with van der Waals surface area (Å²) in [6.45, 7) is 1.90. The molecule has 0 fully saturated rings. The third-order valence-corrected chi connectivity index (χ3v) is 4.02.